The van der Waals surface area contributed by atoms with Gasteiger partial charge >= 0.3 is 0 Å². The lowest BCUT2D eigenvalue weighted by Crippen LogP contribution is -2.26. The van der Waals surface area contributed by atoms with Gasteiger partial charge in [0.2, 0.25) is 5.43 Å². The maximum absolute atomic E-state index is 12.6. The Morgan fingerprint density at radius 2 is 1.69 bits per heavy atom. The Morgan fingerprint density at radius 3 is 2.31 bits per heavy atom. The molecule has 0 aliphatic rings. The average Bonchev–Trinajstić information content (AvgIpc) is 2.63. The first-order valence-electron chi connectivity index (χ1n) is 8.53. The number of carbonyl (C=O) groups is 1. The molecule has 1 heterocycles. The first-order valence-corrected chi connectivity index (χ1v) is 8.53. The molecule has 0 atom stereocenters. The van der Waals surface area contributed by atoms with E-state index in [1.54, 1.807) is 11.6 Å². The molecule has 0 fully saturated rings. The summed E-state index contributed by atoms with van der Waals surface area (Å²) in [6.45, 7) is 6.00. The van der Waals surface area contributed by atoms with Crippen LogP contribution < -0.4 is 10.7 Å². The Morgan fingerprint density at radius 1 is 1.04 bits per heavy atom. The first kappa shape index (κ1) is 17.6. The molecule has 0 saturated heterocycles. The van der Waals surface area contributed by atoms with Crippen molar-refractivity contribution in [3.8, 4) is 5.69 Å². The van der Waals surface area contributed by atoms with Gasteiger partial charge in [0.25, 0.3) is 5.91 Å². The van der Waals surface area contributed by atoms with Gasteiger partial charge in [0.05, 0.1) is 5.69 Å². The Balaban J connectivity index is 1.91. The highest BCUT2D eigenvalue weighted by Gasteiger charge is 2.15. The summed E-state index contributed by atoms with van der Waals surface area (Å²) in [5.74, 6) is -0.103. The Labute approximate surface area is 152 Å². The van der Waals surface area contributed by atoms with Gasteiger partial charge in [-0.3, -0.25) is 9.59 Å². The first-order chi connectivity index (χ1) is 12.5. The number of para-hydroxylation sites is 1. The van der Waals surface area contributed by atoms with Crippen molar-refractivity contribution in [1.29, 1.82) is 0 Å². The summed E-state index contributed by atoms with van der Waals surface area (Å²) >= 11 is 0. The molecule has 3 aromatic rings. The van der Waals surface area contributed by atoms with Crippen LogP contribution in [-0.4, -0.2) is 15.7 Å². The molecule has 1 N–H and O–H groups in total. The van der Waals surface area contributed by atoms with Gasteiger partial charge in [-0.25, -0.2) is 4.68 Å². The number of hydrogen-bond donors (Lipinski definition) is 1. The van der Waals surface area contributed by atoms with Crippen molar-refractivity contribution >= 4 is 11.6 Å². The van der Waals surface area contributed by atoms with Gasteiger partial charge in [0.1, 0.15) is 0 Å². The van der Waals surface area contributed by atoms with E-state index in [1.165, 1.54) is 11.6 Å². The van der Waals surface area contributed by atoms with Crippen molar-refractivity contribution in [3.05, 3.63) is 87.8 Å². The van der Waals surface area contributed by atoms with Gasteiger partial charge < -0.3 is 5.32 Å². The minimum Gasteiger partial charge on any atom is -0.320 e. The van der Waals surface area contributed by atoms with Gasteiger partial charge in [0.15, 0.2) is 5.69 Å². The van der Waals surface area contributed by atoms with Crippen molar-refractivity contribution in [1.82, 2.24) is 9.78 Å². The second kappa shape index (κ2) is 7.35. The molecular weight excluding hydrogens is 326 g/mol. The van der Waals surface area contributed by atoms with Crippen LogP contribution in [0.3, 0.4) is 0 Å². The number of hydrogen-bond acceptors (Lipinski definition) is 3. The highest BCUT2D eigenvalue weighted by Crippen LogP contribution is 2.17. The number of rotatable bonds is 4. The van der Waals surface area contributed by atoms with Gasteiger partial charge in [-0.15, -0.1) is 0 Å². The molecule has 1 aromatic heterocycles. The lowest BCUT2D eigenvalue weighted by atomic mass is 10.0. The van der Waals surface area contributed by atoms with Crippen LogP contribution in [0.1, 0.15) is 41.5 Å². The van der Waals surface area contributed by atoms with Crippen LogP contribution in [0.5, 0.6) is 0 Å². The molecule has 5 heteroatoms. The van der Waals surface area contributed by atoms with Gasteiger partial charge in [-0.05, 0) is 42.7 Å². The van der Waals surface area contributed by atoms with E-state index in [9.17, 15) is 9.59 Å². The third kappa shape index (κ3) is 3.72. The molecule has 0 aliphatic carbocycles. The lowest BCUT2D eigenvalue weighted by Gasteiger charge is -2.12. The molecular formula is C21H21N3O2. The number of amides is 1. The number of anilines is 1. The highest BCUT2D eigenvalue weighted by molar-refractivity contribution is 6.02. The number of aryl methyl sites for hydroxylation is 1. The summed E-state index contributed by atoms with van der Waals surface area (Å²) in [4.78, 5) is 24.8. The van der Waals surface area contributed by atoms with Crippen molar-refractivity contribution in [2.75, 3.05) is 5.32 Å². The normalized spacial score (nSPS) is 10.8. The summed E-state index contributed by atoms with van der Waals surface area (Å²) in [7, 11) is 0. The molecule has 1 amide bonds. The molecule has 0 unspecified atom stereocenters. The molecule has 132 valence electrons. The van der Waals surface area contributed by atoms with E-state index in [4.69, 9.17) is 0 Å². The van der Waals surface area contributed by atoms with Crippen LogP contribution in [0.4, 0.5) is 5.69 Å². The zero-order valence-corrected chi connectivity index (χ0v) is 15.1. The molecule has 0 spiro atoms. The number of nitrogens with one attached hydrogen (secondary N) is 1. The van der Waals surface area contributed by atoms with Crippen LogP contribution >= 0.6 is 0 Å². The third-order valence-corrected chi connectivity index (χ3v) is 4.16. The fraction of sp³-hybridized carbons (Fsp3) is 0.190. The molecule has 0 aliphatic heterocycles. The average molecular weight is 347 g/mol. The van der Waals surface area contributed by atoms with E-state index >= 15 is 0 Å². The Kier molecular flexibility index (Phi) is 4.98. The number of aromatic nitrogens is 2. The number of carbonyl (C=O) groups excluding carboxylic acids is 1. The molecule has 0 radical (unpaired) electrons. The summed E-state index contributed by atoms with van der Waals surface area (Å²) in [5.41, 5.74) is 2.74. The summed E-state index contributed by atoms with van der Waals surface area (Å²) in [6.07, 6.45) is 0. The van der Waals surface area contributed by atoms with Gasteiger partial charge in [-0.2, -0.15) is 5.10 Å². The predicted octanol–water partition coefficient (Wildman–Crippen LogP) is 3.92. The van der Waals surface area contributed by atoms with Crippen molar-refractivity contribution in [2.45, 2.75) is 26.7 Å². The monoisotopic (exact) mass is 347 g/mol. The molecule has 2 aromatic carbocycles. The van der Waals surface area contributed by atoms with Crippen LogP contribution in [0.15, 0.2) is 65.5 Å². The zero-order valence-electron chi connectivity index (χ0n) is 15.1. The molecule has 3 rings (SSSR count). The van der Waals surface area contributed by atoms with Crippen LogP contribution in [-0.2, 0) is 0 Å². The lowest BCUT2D eigenvalue weighted by molar-refractivity contribution is 0.101. The van der Waals surface area contributed by atoms with Crippen LogP contribution in [0, 0.1) is 6.92 Å². The van der Waals surface area contributed by atoms with Crippen molar-refractivity contribution < 1.29 is 4.79 Å². The van der Waals surface area contributed by atoms with E-state index in [0.717, 1.165) is 5.69 Å². The SMILES string of the molecule is Cc1cc(=O)c(C(=O)Nc2ccc(C(C)C)cc2)nn1-c1ccccc1. The van der Waals surface area contributed by atoms with Crippen molar-refractivity contribution in [3.63, 3.8) is 0 Å². The Bertz CT molecular complexity index is 974. The summed E-state index contributed by atoms with van der Waals surface area (Å²) < 4.78 is 1.60. The Hall–Kier alpha value is -3.21. The zero-order chi connectivity index (χ0) is 18.7. The smallest absolute Gasteiger partial charge is 0.280 e. The largest absolute Gasteiger partial charge is 0.320 e. The highest BCUT2D eigenvalue weighted by atomic mass is 16.2. The van der Waals surface area contributed by atoms with E-state index in [-0.39, 0.29) is 5.69 Å². The number of nitrogens with zero attached hydrogens (tertiary/aromatic N) is 2. The van der Waals surface area contributed by atoms with E-state index in [1.807, 2.05) is 54.6 Å². The minimum absolute atomic E-state index is 0.132. The van der Waals surface area contributed by atoms with Gasteiger partial charge in [0, 0.05) is 17.4 Å². The second-order valence-electron chi connectivity index (χ2n) is 6.48. The predicted molar refractivity (Wildman–Crippen MR) is 103 cm³/mol. The van der Waals surface area contributed by atoms with E-state index in [2.05, 4.69) is 24.3 Å². The minimum atomic E-state index is -0.517. The fourth-order valence-corrected chi connectivity index (χ4v) is 2.68. The standard InChI is InChI=1S/C21H21N3O2/c1-14(2)16-9-11-17(12-10-16)22-21(26)20-19(25)13-15(3)24(23-20)18-7-5-4-6-8-18/h4-14H,1-3H3,(H,22,26). The second-order valence-corrected chi connectivity index (χ2v) is 6.48. The number of benzene rings is 2. The van der Waals surface area contributed by atoms with Crippen molar-refractivity contribution in [2.24, 2.45) is 0 Å². The summed E-state index contributed by atoms with van der Waals surface area (Å²) in [6, 6.07) is 18.4. The molecule has 26 heavy (non-hydrogen) atoms. The van der Waals surface area contributed by atoms with E-state index < -0.39 is 11.3 Å². The molecule has 0 saturated carbocycles. The van der Waals surface area contributed by atoms with Gasteiger partial charge in [-0.1, -0.05) is 44.2 Å². The topological polar surface area (TPSA) is 64.0 Å². The fourth-order valence-electron chi connectivity index (χ4n) is 2.68. The molecule has 5 nitrogen and oxygen atoms in total. The van der Waals surface area contributed by atoms with Crippen LogP contribution in [0.2, 0.25) is 0 Å². The maximum atomic E-state index is 12.6. The van der Waals surface area contributed by atoms with E-state index in [0.29, 0.717) is 17.3 Å². The summed E-state index contributed by atoms with van der Waals surface area (Å²) in [5, 5.41) is 7.02. The third-order valence-electron chi connectivity index (χ3n) is 4.16. The quantitative estimate of drug-likeness (QED) is 0.778. The maximum Gasteiger partial charge on any atom is 0.280 e. The molecule has 0 bridgehead atoms. The van der Waals surface area contributed by atoms with Crippen LogP contribution in [0.25, 0.3) is 5.69 Å².